The lowest BCUT2D eigenvalue weighted by molar-refractivity contribution is 0.0987. The van der Waals surface area contributed by atoms with E-state index >= 15 is 0 Å². The zero-order valence-corrected chi connectivity index (χ0v) is 13.6. The van der Waals surface area contributed by atoms with Crippen LogP contribution < -0.4 is 0 Å². The highest BCUT2D eigenvalue weighted by Crippen LogP contribution is 2.42. The van der Waals surface area contributed by atoms with Gasteiger partial charge in [0, 0.05) is 22.6 Å². The van der Waals surface area contributed by atoms with Gasteiger partial charge >= 0.3 is 0 Å². The zero-order valence-electron chi connectivity index (χ0n) is 13.6. The molecule has 0 aliphatic heterocycles. The third kappa shape index (κ3) is 2.40. The van der Waals surface area contributed by atoms with E-state index in [0.717, 1.165) is 35.5 Å². The fourth-order valence-electron chi connectivity index (χ4n) is 3.59. The van der Waals surface area contributed by atoms with Crippen LogP contribution in [0.5, 0.6) is 0 Å². The Hall–Kier alpha value is -1.61. The van der Waals surface area contributed by atoms with Crippen LogP contribution in [0.2, 0.25) is 0 Å². The van der Waals surface area contributed by atoms with E-state index < -0.39 is 0 Å². The molecule has 3 nitrogen and oxygen atoms in total. The zero-order chi connectivity index (χ0) is 15.4. The summed E-state index contributed by atoms with van der Waals surface area (Å²) in [6.45, 7) is 10.6. The number of aliphatic hydroxyl groups excluding tert-OH is 1. The summed E-state index contributed by atoms with van der Waals surface area (Å²) >= 11 is 0. The van der Waals surface area contributed by atoms with Gasteiger partial charge in [-0.1, -0.05) is 13.8 Å². The van der Waals surface area contributed by atoms with E-state index in [1.165, 1.54) is 11.4 Å². The van der Waals surface area contributed by atoms with Crippen molar-refractivity contribution in [2.45, 2.75) is 53.6 Å². The molecule has 0 amide bonds. The molecule has 3 rings (SSSR count). The lowest BCUT2D eigenvalue weighted by Crippen LogP contribution is -2.26. The molecular weight excluding hydrogens is 260 g/mol. The van der Waals surface area contributed by atoms with Crippen molar-refractivity contribution in [3.63, 3.8) is 0 Å². The van der Waals surface area contributed by atoms with E-state index in [1.807, 2.05) is 6.92 Å². The van der Waals surface area contributed by atoms with Crippen molar-refractivity contribution in [2.24, 2.45) is 5.41 Å². The van der Waals surface area contributed by atoms with Gasteiger partial charge in [0.25, 0.3) is 0 Å². The summed E-state index contributed by atoms with van der Waals surface area (Å²) in [5, 5.41) is 10.5. The molecule has 2 aromatic heterocycles. The SMILES string of the molecule is Cc1ccc(-n2c(C)cc3c2CC(C)(C)CC3O)c(C)n1. The molecule has 1 aliphatic carbocycles. The van der Waals surface area contributed by atoms with Crippen LogP contribution in [0.1, 0.15) is 54.7 Å². The Balaban J connectivity index is 2.21. The number of nitrogens with zero attached hydrogens (tertiary/aromatic N) is 2. The third-order valence-corrected chi connectivity index (χ3v) is 4.51. The normalized spacial score (nSPS) is 20.4. The average Bonchev–Trinajstić information content (AvgIpc) is 2.65. The molecule has 1 N–H and O–H groups in total. The van der Waals surface area contributed by atoms with Crippen LogP contribution in [-0.2, 0) is 6.42 Å². The monoisotopic (exact) mass is 284 g/mol. The van der Waals surface area contributed by atoms with E-state index in [-0.39, 0.29) is 11.5 Å². The summed E-state index contributed by atoms with van der Waals surface area (Å²) in [5.74, 6) is 0. The molecule has 112 valence electrons. The molecule has 0 saturated heterocycles. The second kappa shape index (κ2) is 4.70. The van der Waals surface area contributed by atoms with Crippen LogP contribution in [0.15, 0.2) is 18.2 Å². The Morgan fingerprint density at radius 3 is 2.62 bits per heavy atom. The van der Waals surface area contributed by atoms with Crippen LogP contribution in [0, 0.1) is 26.2 Å². The van der Waals surface area contributed by atoms with Gasteiger partial charge in [0.2, 0.25) is 0 Å². The third-order valence-electron chi connectivity index (χ3n) is 4.51. The molecule has 3 heteroatoms. The van der Waals surface area contributed by atoms with Crippen LogP contribution in [0.25, 0.3) is 5.69 Å². The Labute approximate surface area is 126 Å². The Bertz CT molecular complexity index is 697. The highest BCUT2D eigenvalue weighted by molar-refractivity contribution is 5.46. The van der Waals surface area contributed by atoms with E-state index in [4.69, 9.17) is 0 Å². The van der Waals surface area contributed by atoms with Crippen LogP contribution >= 0.6 is 0 Å². The van der Waals surface area contributed by atoms with Gasteiger partial charge in [0.05, 0.1) is 17.5 Å². The fourth-order valence-corrected chi connectivity index (χ4v) is 3.59. The van der Waals surface area contributed by atoms with Crippen LogP contribution in [0.4, 0.5) is 0 Å². The molecule has 21 heavy (non-hydrogen) atoms. The summed E-state index contributed by atoms with van der Waals surface area (Å²) < 4.78 is 2.28. The maximum atomic E-state index is 10.5. The first kappa shape index (κ1) is 14.3. The lowest BCUT2D eigenvalue weighted by atomic mass is 9.75. The number of pyridine rings is 1. The minimum absolute atomic E-state index is 0.126. The number of aliphatic hydroxyl groups is 1. The van der Waals surface area contributed by atoms with Gasteiger partial charge in [-0.05, 0) is 57.2 Å². The minimum Gasteiger partial charge on any atom is -0.388 e. The first-order chi connectivity index (χ1) is 9.78. The predicted molar refractivity (Wildman–Crippen MR) is 84.8 cm³/mol. The van der Waals surface area contributed by atoms with Crippen molar-refractivity contribution in [3.05, 3.63) is 46.5 Å². The van der Waals surface area contributed by atoms with Gasteiger partial charge in [-0.15, -0.1) is 0 Å². The van der Waals surface area contributed by atoms with Crippen molar-refractivity contribution in [2.75, 3.05) is 0 Å². The van der Waals surface area contributed by atoms with Crippen molar-refractivity contribution < 1.29 is 5.11 Å². The number of hydrogen-bond donors (Lipinski definition) is 1. The molecule has 0 saturated carbocycles. The van der Waals surface area contributed by atoms with Crippen LogP contribution in [-0.4, -0.2) is 14.7 Å². The van der Waals surface area contributed by atoms with Gasteiger partial charge in [-0.2, -0.15) is 0 Å². The molecule has 0 aromatic carbocycles. The average molecular weight is 284 g/mol. The Morgan fingerprint density at radius 2 is 1.95 bits per heavy atom. The van der Waals surface area contributed by atoms with E-state index in [2.05, 4.69) is 55.4 Å². The number of rotatable bonds is 1. The smallest absolute Gasteiger partial charge is 0.0812 e. The van der Waals surface area contributed by atoms with Gasteiger partial charge in [0.15, 0.2) is 0 Å². The molecule has 2 heterocycles. The first-order valence-corrected chi connectivity index (χ1v) is 7.62. The van der Waals surface area contributed by atoms with Crippen molar-refractivity contribution in [1.82, 2.24) is 9.55 Å². The molecule has 1 atom stereocenters. The molecule has 2 aromatic rings. The van der Waals surface area contributed by atoms with E-state index in [9.17, 15) is 5.11 Å². The van der Waals surface area contributed by atoms with Gasteiger partial charge < -0.3 is 9.67 Å². The molecule has 0 fully saturated rings. The molecule has 1 aliphatic rings. The predicted octanol–water partition coefficient (Wildman–Crippen LogP) is 3.80. The molecule has 0 radical (unpaired) electrons. The van der Waals surface area contributed by atoms with Gasteiger partial charge in [-0.25, -0.2) is 0 Å². The molecule has 0 spiro atoms. The molecule has 0 bridgehead atoms. The summed E-state index contributed by atoms with van der Waals surface area (Å²) in [6.07, 6.45) is 1.46. The quantitative estimate of drug-likeness (QED) is 0.865. The lowest BCUT2D eigenvalue weighted by Gasteiger charge is -2.34. The van der Waals surface area contributed by atoms with Gasteiger partial charge in [-0.3, -0.25) is 4.98 Å². The number of aryl methyl sites for hydroxylation is 3. The molecular formula is C18H24N2O. The molecule has 1 unspecified atom stereocenters. The highest BCUT2D eigenvalue weighted by Gasteiger charge is 2.34. The van der Waals surface area contributed by atoms with E-state index in [1.54, 1.807) is 0 Å². The van der Waals surface area contributed by atoms with Crippen molar-refractivity contribution in [1.29, 1.82) is 0 Å². The summed E-state index contributed by atoms with van der Waals surface area (Å²) in [7, 11) is 0. The largest absolute Gasteiger partial charge is 0.388 e. The standard InChI is InChI=1S/C18H24N2O/c1-11-6-7-15(13(3)19-11)20-12(2)8-14-16(20)9-18(4,5)10-17(14)21/h6-8,17,21H,9-10H2,1-5H3. The summed E-state index contributed by atoms with van der Waals surface area (Å²) in [4.78, 5) is 4.59. The fraction of sp³-hybridized carbons (Fsp3) is 0.500. The first-order valence-electron chi connectivity index (χ1n) is 7.62. The van der Waals surface area contributed by atoms with Crippen LogP contribution in [0.3, 0.4) is 0 Å². The van der Waals surface area contributed by atoms with E-state index in [0.29, 0.717) is 0 Å². The maximum absolute atomic E-state index is 10.5. The maximum Gasteiger partial charge on any atom is 0.0812 e. The Morgan fingerprint density at radius 1 is 1.24 bits per heavy atom. The number of aromatic nitrogens is 2. The number of hydrogen-bond acceptors (Lipinski definition) is 2. The number of fused-ring (bicyclic) bond motifs is 1. The highest BCUT2D eigenvalue weighted by atomic mass is 16.3. The minimum atomic E-state index is -0.359. The second-order valence-electron chi connectivity index (χ2n) is 7.14. The van der Waals surface area contributed by atoms with Crippen molar-refractivity contribution in [3.8, 4) is 5.69 Å². The summed E-state index contributed by atoms with van der Waals surface area (Å²) in [5.41, 5.74) is 6.83. The Kier molecular flexibility index (Phi) is 3.21. The summed E-state index contributed by atoms with van der Waals surface area (Å²) in [6, 6.07) is 6.33. The van der Waals surface area contributed by atoms with Gasteiger partial charge in [0.1, 0.15) is 0 Å². The second-order valence-corrected chi connectivity index (χ2v) is 7.14. The topological polar surface area (TPSA) is 38.0 Å². The van der Waals surface area contributed by atoms with Crippen molar-refractivity contribution >= 4 is 0 Å².